The Balaban J connectivity index is 1.48. The highest BCUT2D eigenvalue weighted by molar-refractivity contribution is 5.93. The quantitative estimate of drug-likeness (QED) is 0.845. The molecule has 0 aliphatic heterocycles. The first-order valence-electron chi connectivity index (χ1n) is 8.82. The van der Waals surface area contributed by atoms with Crippen molar-refractivity contribution in [2.75, 3.05) is 11.9 Å². The van der Waals surface area contributed by atoms with Gasteiger partial charge in [-0.25, -0.2) is 14.4 Å². The molecule has 1 fully saturated rings. The van der Waals surface area contributed by atoms with E-state index in [1.807, 2.05) is 0 Å². The Morgan fingerprint density at radius 3 is 2.56 bits per heavy atom. The zero-order chi connectivity index (χ0) is 17.5. The van der Waals surface area contributed by atoms with E-state index in [2.05, 4.69) is 20.6 Å². The van der Waals surface area contributed by atoms with Crippen LogP contribution in [0.25, 0.3) is 0 Å². The number of rotatable bonds is 6. The summed E-state index contributed by atoms with van der Waals surface area (Å²) in [6.07, 6.45) is 9.54. The minimum absolute atomic E-state index is 0.249. The van der Waals surface area contributed by atoms with Crippen LogP contribution in [0.5, 0.6) is 0 Å². The van der Waals surface area contributed by atoms with E-state index in [-0.39, 0.29) is 11.7 Å². The minimum atomic E-state index is -0.252. The largest absolute Gasteiger partial charge is 0.352 e. The molecule has 1 amide bonds. The number of benzene rings is 1. The topological polar surface area (TPSA) is 66.9 Å². The maximum absolute atomic E-state index is 13.5. The zero-order valence-electron chi connectivity index (χ0n) is 14.2. The fraction of sp³-hybridized carbons (Fsp3) is 0.421. The highest BCUT2D eigenvalue weighted by Crippen LogP contribution is 2.20. The van der Waals surface area contributed by atoms with Crippen molar-refractivity contribution < 1.29 is 9.18 Å². The van der Waals surface area contributed by atoms with Gasteiger partial charge in [-0.1, -0.05) is 37.5 Å². The van der Waals surface area contributed by atoms with Gasteiger partial charge < -0.3 is 10.6 Å². The van der Waals surface area contributed by atoms with Crippen molar-refractivity contribution in [1.29, 1.82) is 0 Å². The summed E-state index contributed by atoms with van der Waals surface area (Å²) in [5.41, 5.74) is 0.994. The maximum Gasteiger partial charge on any atom is 0.254 e. The first kappa shape index (κ1) is 17.3. The van der Waals surface area contributed by atoms with Crippen LogP contribution >= 0.6 is 0 Å². The Morgan fingerprint density at radius 1 is 1.12 bits per heavy atom. The van der Waals surface area contributed by atoms with Crippen molar-refractivity contribution in [3.8, 4) is 0 Å². The first-order chi connectivity index (χ1) is 12.2. The van der Waals surface area contributed by atoms with Crippen molar-refractivity contribution in [3.05, 3.63) is 53.6 Å². The predicted molar refractivity (Wildman–Crippen MR) is 95.0 cm³/mol. The second-order valence-corrected chi connectivity index (χ2v) is 6.37. The number of halogens is 1. The van der Waals surface area contributed by atoms with Gasteiger partial charge in [0.15, 0.2) is 0 Å². The summed E-state index contributed by atoms with van der Waals surface area (Å²) in [4.78, 5) is 20.6. The number of hydrogen-bond acceptors (Lipinski definition) is 4. The standard InChI is InChI=1S/C19H23FN4O/c20-17-9-5-4-6-14(17)10-11-21-18(25)15-12-22-19(23-13-15)24-16-7-2-1-3-8-16/h4-6,9,12-13,16H,1-3,7-8,10-11H2,(H,21,25)(H,22,23,24). The molecule has 25 heavy (non-hydrogen) atoms. The van der Waals surface area contributed by atoms with Gasteiger partial charge in [0.05, 0.1) is 5.56 Å². The van der Waals surface area contributed by atoms with Crippen LogP contribution in [0.15, 0.2) is 36.7 Å². The van der Waals surface area contributed by atoms with Gasteiger partial charge in [-0.05, 0) is 30.9 Å². The van der Waals surface area contributed by atoms with Crippen LogP contribution in [0.2, 0.25) is 0 Å². The summed E-state index contributed by atoms with van der Waals surface area (Å²) in [7, 11) is 0. The van der Waals surface area contributed by atoms with Gasteiger partial charge in [-0.3, -0.25) is 4.79 Å². The molecule has 0 spiro atoms. The lowest BCUT2D eigenvalue weighted by Gasteiger charge is -2.22. The Hall–Kier alpha value is -2.50. The van der Waals surface area contributed by atoms with Crippen LogP contribution in [-0.4, -0.2) is 28.5 Å². The van der Waals surface area contributed by atoms with Crippen LogP contribution in [-0.2, 0) is 6.42 Å². The highest BCUT2D eigenvalue weighted by Gasteiger charge is 2.14. The molecule has 1 aliphatic carbocycles. The molecule has 2 aromatic rings. The smallest absolute Gasteiger partial charge is 0.254 e. The van der Waals surface area contributed by atoms with Crippen LogP contribution in [0, 0.1) is 5.82 Å². The number of carbonyl (C=O) groups is 1. The number of nitrogens with zero attached hydrogens (tertiary/aromatic N) is 2. The van der Waals surface area contributed by atoms with Crippen molar-refractivity contribution in [1.82, 2.24) is 15.3 Å². The van der Waals surface area contributed by atoms with Gasteiger partial charge in [-0.2, -0.15) is 0 Å². The van der Waals surface area contributed by atoms with E-state index in [4.69, 9.17) is 0 Å². The molecular formula is C19H23FN4O. The lowest BCUT2D eigenvalue weighted by atomic mass is 9.96. The van der Waals surface area contributed by atoms with E-state index in [0.29, 0.717) is 36.1 Å². The third-order valence-electron chi connectivity index (χ3n) is 4.49. The fourth-order valence-electron chi connectivity index (χ4n) is 3.06. The monoisotopic (exact) mass is 342 g/mol. The molecule has 0 unspecified atom stereocenters. The Labute approximate surface area is 147 Å². The van der Waals surface area contributed by atoms with Crippen LogP contribution in [0.3, 0.4) is 0 Å². The third-order valence-corrected chi connectivity index (χ3v) is 4.49. The fourth-order valence-corrected chi connectivity index (χ4v) is 3.06. The number of amides is 1. The molecule has 5 nitrogen and oxygen atoms in total. The molecule has 0 radical (unpaired) electrons. The average molecular weight is 342 g/mol. The van der Waals surface area contributed by atoms with Crippen molar-refractivity contribution in [2.45, 2.75) is 44.6 Å². The number of hydrogen-bond donors (Lipinski definition) is 2. The molecule has 1 saturated carbocycles. The summed E-state index contributed by atoms with van der Waals surface area (Å²) in [5.74, 6) is 0.0635. The van der Waals surface area contributed by atoms with E-state index in [0.717, 1.165) is 12.8 Å². The van der Waals surface area contributed by atoms with E-state index < -0.39 is 0 Å². The Morgan fingerprint density at radius 2 is 1.84 bits per heavy atom. The van der Waals surface area contributed by atoms with Crippen LogP contribution in [0.4, 0.5) is 10.3 Å². The average Bonchev–Trinajstić information content (AvgIpc) is 2.65. The summed E-state index contributed by atoms with van der Waals surface area (Å²) >= 11 is 0. The zero-order valence-corrected chi connectivity index (χ0v) is 14.2. The molecule has 1 heterocycles. The molecule has 3 rings (SSSR count). The van der Waals surface area contributed by atoms with E-state index in [9.17, 15) is 9.18 Å². The van der Waals surface area contributed by atoms with Gasteiger partial charge in [0.2, 0.25) is 5.95 Å². The molecule has 6 heteroatoms. The molecule has 1 aromatic carbocycles. The summed E-state index contributed by atoms with van der Waals surface area (Å²) in [6.45, 7) is 0.363. The van der Waals surface area contributed by atoms with E-state index in [1.54, 1.807) is 18.2 Å². The maximum atomic E-state index is 13.5. The van der Waals surface area contributed by atoms with Crippen LogP contribution in [0.1, 0.15) is 48.0 Å². The minimum Gasteiger partial charge on any atom is -0.352 e. The lowest BCUT2D eigenvalue weighted by molar-refractivity contribution is 0.0953. The summed E-state index contributed by atoms with van der Waals surface area (Å²) in [6, 6.07) is 7.00. The molecule has 2 N–H and O–H groups in total. The van der Waals surface area contributed by atoms with Crippen molar-refractivity contribution in [2.24, 2.45) is 0 Å². The second kappa shape index (κ2) is 8.55. The molecule has 0 atom stereocenters. The molecule has 1 aromatic heterocycles. The van der Waals surface area contributed by atoms with Gasteiger partial charge in [-0.15, -0.1) is 0 Å². The predicted octanol–water partition coefficient (Wildman–Crippen LogP) is 3.33. The van der Waals surface area contributed by atoms with Crippen molar-refractivity contribution in [3.63, 3.8) is 0 Å². The number of carbonyl (C=O) groups excluding carboxylic acids is 1. The van der Waals surface area contributed by atoms with Gasteiger partial charge in [0, 0.05) is 25.0 Å². The third kappa shape index (κ3) is 4.98. The van der Waals surface area contributed by atoms with Crippen LogP contribution < -0.4 is 10.6 Å². The normalized spacial score (nSPS) is 14.9. The van der Waals surface area contributed by atoms with E-state index in [1.165, 1.54) is 37.7 Å². The van der Waals surface area contributed by atoms with E-state index >= 15 is 0 Å². The molecule has 0 bridgehead atoms. The Bertz CT molecular complexity index is 699. The van der Waals surface area contributed by atoms with Gasteiger partial charge >= 0.3 is 0 Å². The Kier molecular flexibility index (Phi) is 5.93. The number of nitrogens with one attached hydrogen (secondary N) is 2. The van der Waals surface area contributed by atoms with Gasteiger partial charge in [0.25, 0.3) is 5.91 Å². The molecule has 1 aliphatic rings. The van der Waals surface area contributed by atoms with Gasteiger partial charge in [0.1, 0.15) is 5.82 Å². The molecule has 132 valence electrons. The second-order valence-electron chi connectivity index (χ2n) is 6.37. The summed E-state index contributed by atoms with van der Waals surface area (Å²) in [5, 5.41) is 6.09. The summed E-state index contributed by atoms with van der Waals surface area (Å²) < 4.78 is 13.5. The number of anilines is 1. The highest BCUT2D eigenvalue weighted by atomic mass is 19.1. The molecular weight excluding hydrogens is 319 g/mol. The SMILES string of the molecule is O=C(NCCc1ccccc1F)c1cnc(NC2CCCCC2)nc1. The first-order valence-corrected chi connectivity index (χ1v) is 8.82. The lowest BCUT2D eigenvalue weighted by Crippen LogP contribution is -2.27. The molecule has 0 saturated heterocycles. The van der Waals surface area contributed by atoms with Crippen molar-refractivity contribution >= 4 is 11.9 Å². The number of aromatic nitrogens is 2.